The summed E-state index contributed by atoms with van der Waals surface area (Å²) in [6.07, 6.45) is -0.633. The van der Waals surface area contributed by atoms with Crippen LogP contribution in [0.5, 0.6) is 0 Å². The van der Waals surface area contributed by atoms with Gasteiger partial charge in [-0.1, -0.05) is 6.07 Å². The van der Waals surface area contributed by atoms with E-state index in [0.29, 0.717) is 17.9 Å². The number of halogens is 1. The molecule has 2 aromatic heterocycles. The summed E-state index contributed by atoms with van der Waals surface area (Å²) in [4.78, 5) is 28.9. The van der Waals surface area contributed by atoms with Crippen LogP contribution in [-0.2, 0) is 14.3 Å². The zero-order valence-corrected chi connectivity index (χ0v) is 14.1. The van der Waals surface area contributed by atoms with Gasteiger partial charge in [-0.15, -0.1) is 16.4 Å². The molecular weight excluding hydrogens is 361 g/mol. The molecule has 1 fully saturated rings. The van der Waals surface area contributed by atoms with Gasteiger partial charge in [0.1, 0.15) is 5.82 Å². The van der Waals surface area contributed by atoms with Crippen molar-refractivity contribution in [2.75, 3.05) is 6.61 Å². The van der Waals surface area contributed by atoms with Gasteiger partial charge in [-0.25, -0.2) is 18.7 Å². The van der Waals surface area contributed by atoms with E-state index in [1.54, 1.807) is 0 Å². The largest absolute Gasteiger partial charge is 0.463 e. The first-order valence-electron chi connectivity index (χ1n) is 7.76. The Morgan fingerprint density at radius 1 is 1.31 bits per heavy atom. The molecule has 3 aromatic rings. The van der Waals surface area contributed by atoms with Crippen LogP contribution in [0.25, 0.3) is 16.4 Å². The molecule has 3 heterocycles. The Labute approximate surface area is 151 Å². The molecule has 7 nitrogen and oxygen atoms in total. The molecule has 1 aliphatic heterocycles. The second-order valence-electron chi connectivity index (χ2n) is 5.47. The molecule has 0 spiro atoms. The maximum Gasteiger partial charge on any atom is 0.379 e. The van der Waals surface area contributed by atoms with Gasteiger partial charge in [0.05, 0.1) is 17.2 Å². The number of esters is 2. The highest BCUT2D eigenvalue weighted by Crippen LogP contribution is 2.26. The van der Waals surface area contributed by atoms with Crippen molar-refractivity contribution in [1.29, 1.82) is 0 Å². The maximum atomic E-state index is 13.2. The lowest BCUT2D eigenvalue weighted by Crippen LogP contribution is -2.23. The molecule has 1 saturated heterocycles. The SMILES string of the molecule is O=C(O[C@@H]1CCOC1=O)c1nc(-c2cccs2)n(-c2ccc(F)cc2)n1. The maximum absolute atomic E-state index is 13.2. The summed E-state index contributed by atoms with van der Waals surface area (Å²) < 4.78 is 24.6. The van der Waals surface area contributed by atoms with Gasteiger partial charge in [0, 0.05) is 6.42 Å². The fourth-order valence-corrected chi connectivity index (χ4v) is 3.19. The molecule has 4 rings (SSSR count). The second kappa shape index (κ2) is 6.68. The van der Waals surface area contributed by atoms with Gasteiger partial charge in [-0.3, -0.25) is 0 Å². The van der Waals surface area contributed by atoms with E-state index in [4.69, 9.17) is 9.47 Å². The fourth-order valence-electron chi connectivity index (χ4n) is 2.49. The molecular formula is C17H12FN3O4S. The Morgan fingerprint density at radius 2 is 2.12 bits per heavy atom. The molecule has 1 aliphatic rings. The van der Waals surface area contributed by atoms with Crippen LogP contribution >= 0.6 is 11.3 Å². The highest BCUT2D eigenvalue weighted by Gasteiger charge is 2.32. The number of aromatic nitrogens is 3. The first kappa shape index (κ1) is 16.4. The summed E-state index contributed by atoms with van der Waals surface area (Å²) in [5.74, 6) is -1.53. The molecule has 0 amide bonds. The molecule has 0 unspecified atom stereocenters. The standard InChI is InChI=1S/C17H12FN3O4S/c18-10-3-5-11(6-4-10)21-15(13-2-1-9-26-13)19-14(20-21)17(23)25-12-7-8-24-16(12)22/h1-6,9,12H,7-8H2/t12-/m1/s1. The average Bonchev–Trinajstić information content (AvgIpc) is 3.36. The Morgan fingerprint density at radius 3 is 2.77 bits per heavy atom. The predicted octanol–water partition coefficient (Wildman–Crippen LogP) is 2.61. The minimum absolute atomic E-state index is 0.183. The van der Waals surface area contributed by atoms with Crippen molar-refractivity contribution in [3.8, 4) is 16.4 Å². The van der Waals surface area contributed by atoms with Crippen LogP contribution in [-0.4, -0.2) is 39.4 Å². The van der Waals surface area contributed by atoms with Crippen molar-refractivity contribution >= 4 is 23.3 Å². The summed E-state index contributed by atoms with van der Waals surface area (Å²) in [7, 11) is 0. The number of carbonyl (C=O) groups excluding carboxylic acids is 2. The predicted molar refractivity (Wildman–Crippen MR) is 89.4 cm³/mol. The summed E-state index contributed by atoms with van der Waals surface area (Å²) in [5, 5.41) is 6.06. The van der Waals surface area contributed by atoms with Gasteiger partial charge in [-0.05, 0) is 35.7 Å². The van der Waals surface area contributed by atoms with Crippen molar-refractivity contribution < 1.29 is 23.5 Å². The van der Waals surface area contributed by atoms with Gasteiger partial charge >= 0.3 is 11.9 Å². The number of hydrogen-bond donors (Lipinski definition) is 0. The van der Waals surface area contributed by atoms with Crippen molar-refractivity contribution in [3.05, 3.63) is 53.4 Å². The monoisotopic (exact) mass is 373 g/mol. The third kappa shape index (κ3) is 3.08. The van der Waals surface area contributed by atoms with Crippen LogP contribution < -0.4 is 0 Å². The molecule has 132 valence electrons. The molecule has 0 saturated carbocycles. The lowest BCUT2D eigenvalue weighted by Gasteiger charge is -2.05. The van der Waals surface area contributed by atoms with E-state index in [2.05, 4.69) is 10.1 Å². The molecule has 0 bridgehead atoms. The number of carbonyl (C=O) groups is 2. The smallest absolute Gasteiger partial charge is 0.379 e. The van der Waals surface area contributed by atoms with Crippen molar-refractivity contribution in [2.24, 2.45) is 0 Å². The normalized spacial score (nSPS) is 16.5. The van der Waals surface area contributed by atoms with Crippen molar-refractivity contribution in [3.63, 3.8) is 0 Å². The Kier molecular flexibility index (Phi) is 4.21. The minimum Gasteiger partial charge on any atom is -0.463 e. The van der Waals surface area contributed by atoms with E-state index in [0.717, 1.165) is 4.88 Å². The number of benzene rings is 1. The van der Waals surface area contributed by atoms with Crippen molar-refractivity contribution in [1.82, 2.24) is 14.8 Å². The van der Waals surface area contributed by atoms with Gasteiger partial charge in [0.15, 0.2) is 5.82 Å². The van der Waals surface area contributed by atoms with Crippen LogP contribution in [0.2, 0.25) is 0 Å². The van der Waals surface area contributed by atoms with E-state index in [-0.39, 0.29) is 18.2 Å². The molecule has 26 heavy (non-hydrogen) atoms. The van der Waals surface area contributed by atoms with Crippen molar-refractivity contribution in [2.45, 2.75) is 12.5 Å². The van der Waals surface area contributed by atoms with Crippen LogP contribution in [0.4, 0.5) is 4.39 Å². The number of hydrogen-bond acceptors (Lipinski definition) is 7. The lowest BCUT2D eigenvalue weighted by molar-refractivity contribution is -0.145. The van der Waals surface area contributed by atoms with Gasteiger partial charge < -0.3 is 9.47 Å². The zero-order valence-electron chi connectivity index (χ0n) is 13.3. The third-order valence-corrected chi connectivity index (χ3v) is 4.60. The number of rotatable bonds is 4. The minimum atomic E-state index is -0.939. The summed E-state index contributed by atoms with van der Waals surface area (Å²) >= 11 is 1.42. The van der Waals surface area contributed by atoms with E-state index in [1.807, 2.05) is 17.5 Å². The first-order valence-corrected chi connectivity index (χ1v) is 8.64. The van der Waals surface area contributed by atoms with E-state index in [1.165, 1.54) is 40.3 Å². The topological polar surface area (TPSA) is 83.3 Å². The third-order valence-electron chi connectivity index (χ3n) is 3.74. The molecule has 9 heteroatoms. The number of thiophene rings is 1. The quantitative estimate of drug-likeness (QED) is 0.654. The van der Waals surface area contributed by atoms with Crippen LogP contribution in [0, 0.1) is 5.82 Å². The lowest BCUT2D eigenvalue weighted by atomic mass is 10.3. The van der Waals surface area contributed by atoms with Gasteiger partial charge in [0.2, 0.25) is 6.10 Å². The van der Waals surface area contributed by atoms with E-state index in [9.17, 15) is 14.0 Å². The van der Waals surface area contributed by atoms with E-state index < -0.39 is 18.0 Å². The molecule has 0 aliphatic carbocycles. The molecule has 1 aromatic carbocycles. The van der Waals surface area contributed by atoms with Crippen LogP contribution in [0.15, 0.2) is 41.8 Å². The van der Waals surface area contributed by atoms with Gasteiger partial charge in [0.25, 0.3) is 5.82 Å². The first-order chi connectivity index (χ1) is 12.6. The second-order valence-corrected chi connectivity index (χ2v) is 6.42. The van der Waals surface area contributed by atoms with Crippen LogP contribution in [0.3, 0.4) is 0 Å². The number of ether oxygens (including phenoxy) is 2. The van der Waals surface area contributed by atoms with Gasteiger partial charge in [-0.2, -0.15) is 4.98 Å². The summed E-state index contributed by atoms with van der Waals surface area (Å²) in [6, 6.07) is 9.33. The molecule has 1 atom stereocenters. The Hall–Kier alpha value is -3.07. The summed E-state index contributed by atoms with van der Waals surface area (Å²) in [5.41, 5.74) is 0.543. The Bertz CT molecular complexity index is 953. The fraction of sp³-hybridized carbons (Fsp3) is 0.176. The highest BCUT2D eigenvalue weighted by molar-refractivity contribution is 7.13. The zero-order chi connectivity index (χ0) is 18.1. The molecule has 0 radical (unpaired) electrons. The number of nitrogens with zero attached hydrogens (tertiary/aromatic N) is 3. The van der Waals surface area contributed by atoms with E-state index >= 15 is 0 Å². The Balaban J connectivity index is 1.70. The average molecular weight is 373 g/mol. The van der Waals surface area contributed by atoms with Crippen LogP contribution in [0.1, 0.15) is 17.0 Å². The molecule has 0 N–H and O–H groups in total. The summed E-state index contributed by atoms with van der Waals surface area (Å²) in [6.45, 7) is 0.217. The number of cyclic esters (lactones) is 1. The highest BCUT2D eigenvalue weighted by atomic mass is 32.1.